The van der Waals surface area contributed by atoms with Crippen molar-refractivity contribution in [3.8, 4) is 11.6 Å². The molecule has 1 aromatic heterocycles. The number of rotatable bonds is 5. The zero-order valence-electron chi connectivity index (χ0n) is 12.1. The minimum absolute atomic E-state index is 0.0103. The molecule has 114 valence electrons. The summed E-state index contributed by atoms with van der Waals surface area (Å²) in [6, 6.07) is 8.26. The van der Waals surface area contributed by atoms with Crippen LogP contribution in [-0.4, -0.2) is 23.0 Å². The molecule has 0 fully saturated rings. The van der Waals surface area contributed by atoms with Crippen LogP contribution in [0.5, 0.6) is 11.6 Å². The molecule has 2 rings (SSSR count). The summed E-state index contributed by atoms with van der Waals surface area (Å²) < 4.78 is 9.99. The lowest BCUT2D eigenvalue weighted by Gasteiger charge is -2.07. The second-order valence-corrected chi connectivity index (χ2v) is 4.40. The van der Waals surface area contributed by atoms with Crippen LogP contribution >= 0.6 is 0 Å². The van der Waals surface area contributed by atoms with Crippen molar-refractivity contribution in [1.82, 2.24) is 4.98 Å². The van der Waals surface area contributed by atoms with E-state index in [-0.39, 0.29) is 11.4 Å². The Balaban J connectivity index is 2.37. The second kappa shape index (κ2) is 6.66. The first-order valence-electron chi connectivity index (χ1n) is 6.54. The Labute approximate surface area is 126 Å². The number of nitrogens with zero attached hydrogens (tertiary/aromatic N) is 2. The molecule has 0 aliphatic heterocycles. The van der Waals surface area contributed by atoms with Crippen LogP contribution in [0.25, 0.3) is 0 Å². The first-order chi connectivity index (χ1) is 10.5. The van der Waals surface area contributed by atoms with Gasteiger partial charge >= 0.3 is 11.7 Å². The molecule has 0 N–H and O–H groups in total. The molecule has 1 aromatic carbocycles. The van der Waals surface area contributed by atoms with E-state index in [9.17, 15) is 14.9 Å². The van der Waals surface area contributed by atoms with E-state index in [0.29, 0.717) is 5.75 Å². The van der Waals surface area contributed by atoms with E-state index in [4.69, 9.17) is 4.74 Å². The Morgan fingerprint density at radius 2 is 2.14 bits per heavy atom. The maximum atomic E-state index is 11.4. The topological polar surface area (TPSA) is 91.6 Å². The molecule has 1 heterocycles. The van der Waals surface area contributed by atoms with Gasteiger partial charge in [-0.05, 0) is 24.1 Å². The van der Waals surface area contributed by atoms with Crippen molar-refractivity contribution in [2.45, 2.75) is 13.3 Å². The molecule has 0 saturated heterocycles. The molecule has 0 spiro atoms. The molecule has 0 radical (unpaired) electrons. The summed E-state index contributed by atoms with van der Waals surface area (Å²) >= 11 is 0. The number of aryl methyl sites for hydroxylation is 1. The summed E-state index contributed by atoms with van der Waals surface area (Å²) in [5, 5.41) is 11.1. The van der Waals surface area contributed by atoms with E-state index in [1.54, 1.807) is 18.2 Å². The Morgan fingerprint density at radius 3 is 2.77 bits per heavy atom. The maximum absolute atomic E-state index is 11.4. The van der Waals surface area contributed by atoms with Crippen LogP contribution in [0, 0.1) is 10.1 Å². The molecule has 22 heavy (non-hydrogen) atoms. The number of aromatic nitrogens is 1. The number of nitro groups is 1. The van der Waals surface area contributed by atoms with E-state index >= 15 is 0 Å². The number of esters is 1. The van der Waals surface area contributed by atoms with Crippen molar-refractivity contribution in [3.05, 3.63) is 57.8 Å². The zero-order chi connectivity index (χ0) is 16.1. The van der Waals surface area contributed by atoms with Gasteiger partial charge in [0.15, 0.2) is 0 Å². The minimum Gasteiger partial charge on any atom is -0.465 e. The Kier molecular flexibility index (Phi) is 4.67. The molecule has 0 aliphatic carbocycles. The van der Waals surface area contributed by atoms with Crippen LogP contribution in [0.15, 0.2) is 36.5 Å². The SMILES string of the molecule is CCc1cccc(Oc2ncc(C(=O)OC)cc2[N+](=O)[O-])c1. The predicted molar refractivity (Wildman–Crippen MR) is 78.1 cm³/mol. The number of carbonyl (C=O) groups excluding carboxylic acids is 1. The van der Waals surface area contributed by atoms with Gasteiger partial charge in [-0.1, -0.05) is 19.1 Å². The molecular weight excluding hydrogens is 288 g/mol. The lowest BCUT2D eigenvalue weighted by molar-refractivity contribution is -0.386. The van der Waals surface area contributed by atoms with Gasteiger partial charge in [-0.25, -0.2) is 9.78 Å². The molecule has 0 unspecified atom stereocenters. The number of benzene rings is 1. The first-order valence-corrected chi connectivity index (χ1v) is 6.54. The van der Waals surface area contributed by atoms with Crippen LogP contribution in [0.3, 0.4) is 0 Å². The zero-order valence-corrected chi connectivity index (χ0v) is 12.1. The van der Waals surface area contributed by atoms with Gasteiger partial charge < -0.3 is 9.47 Å². The van der Waals surface area contributed by atoms with Crippen molar-refractivity contribution in [2.24, 2.45) is 0 Å². The monoisotopic (exact) mass is 302 g/mol. The molecule has 7 heteroatoms. The molecule has 0 atom stereocenters. The summed E-state index contributed by atoms with van der Waals surface area (Å²) in [4.78, 5) is 25.7. The fraction of sp³-hybridized carbons (Fsp3) is 0.200. The quantitative estimate of drug-likeness (QED) is 0.478. The smallest absolute Gasteiger partial charge is 0.339 e. The normalized spacial score (nSPS) is 10.1. The molecule has 7 nitrogen and oxygen atoms in total. The van der Waals surface area contributed by atoms with Crippen LogP contribution < -0.4 is 4.74 Å². The van der Waals surface area contributed by atoms with Crippen molar-refractivity contribution in [3.63, 3.8) is 0 Å². The van der Waals surface area contributed by atoms with Gasteiger partial charge in [-0.2, -0.15) is 0 Å². The average molecular weight is 302 g/mol. The fourth-order valence-electron chi connectivity index (χ4n) is 1.82. The number of ether oxygens (including phenoxy) is 2. The van der Waals surface area contributed by atoms with E-state index < -0.39 is 16.6 Å². The van der Waals surface area contributed by atoms with E-state index in [1.807, 2.05) is 13.0 Å². The number of pyridine rings is 1. The summed E-state index contributed by atoms with van der Waals surface area (Å²) in [6.45, 7) is 1.99. The summed E-state index contributed by atoms with van der Waals surface area (Å²) in [6.07, 6.45) is 1.99. The van der Waals surface area contributed by atoms with Crippen molar-refractivity contribution < 1.29 is 19.2 Å². The minimum atomic E-state index is -0.699. The van der Waals surface area contributed by atoms with E-state index in [1.165, 1.54) is 13.3 Å². The highest BCUT2D eigenvalue weighted by Gasteiger charge is 2.21. The van der Waals surface area contributed by atoms with Crippen molar-refractivity contribution in [1.29, 1.82) is 0 Å². The third-order valence-corrected chi connectivity index (χ3v) is 2.97. The highest BCUT2D eigenvalue weighted by Crippen LogP contribution is 2.30. The molecule has 0 amide bonds. The highest BCUT2D eigenvalue weighted by atomic mass is 16.6. The van der Waals surface area contributed by atoms with Gasteiger partial charge in [-0.3, -0.25) is 10.1 Å². The molecular formula is C15H14N2O5. The lowest BCUT2D eigenvalue weighted by Crippen LogP contribution is -2.04. The van der Waals surface area contributed by atoms with Gasteiger partial charge in [0.05, 0.1) is 17.6 Å². The van der Waals surface area contributed by atoms with E-state index in [2.05, 4.69) is 9.72 Å². The summed E-state index contributed by atoms with van der Waals surface area (Å²) in [7, 11) is 1.19. The Hall–Kier alpha value is -2.96. The Morgan fingerprint density at radius 1 is 1.36 bits per heavy atom. The number of hydrogen-bond acceptors (Lipinski definition) is 6. The number of methoxy groups -OCH3 is 1. The van der Waals surface area contributed by atoms with E-state index in [0.717, 1.165) is 18.1 Å². The molecule has 0 aliphatic rings. The van der Waals surface area contributed by atoms with Crippen molar-refractivity contribution in [2.75, 3.05) is 7.11 Å². The largest absolute Gasteiger partial charge is 0.465 e. The van der Waals surface area contributed by atoms with Crippen LogP contribution in [0.2, 0.25) is 0 Å². The molecule has 0 bridgehead atoms. The van der Waals surface area contributed by atoms with Gasteiger partial charge in [0.2, 0.25) is 0 Å². The second-order valence-electron chi connectivity index (χ2n) is 4.40. The molecule has 0 saturated carbocycles. The maximum Gasteiger partial charge on any atom is 0.339 e. The summed E-state index contributed by atoms with van der Waals surface area (Å²) in [5.74, 6) is -0.429. The van der Waals surface area contributed by atoms with Crippen molar-refractivity contribution >= 4 is 11.7 Å². The summed E-state index contributed by atoms with van der Waals surface area (Å²) in [5.41, 5.74) is 0.625. The van der Waals surface area contributed by atoms with Gasteiger partial charge in [-0.15, -0.1) is 0 Å². The standard InChI is InChI=1S/C15H14N2O5/c1-3-10-5-4-6-12(7-10)22-14-13(17(19)20)8-11(9-16-14)15(18)21-2/h4-9H,3H2,1-2H3. The number of carbonyl (C=O) groups is 1. The van der Waals surface area contributed by atoms with Gasteiger partial charge in [0.25, 0.3) is 5.88 Å². The third kappa shape index (κ3) is 3.38. The van der Waals surface area contributed by atoms with Gasteiger partial charge in [0, 0.05) is 12.3 Å². The van der Waals surface area contributed by atoms with Gasteiger partial charge in [0.1, 0.15) is 5.75 Å². The molecule has 2 aromatic rings. The van der Waals surface area contributed by atoms with Crippen LogP contribution in [0.4, 0.5) is 5.69 Å². The van der Waals surface area contributed by atoms with Crippen LogP contribution in [0.1, 0.15) is 22.8 Å². The van der Waals surface area contributed by atoms with Crippen LogP contribution in [-0.2, 0) is 11.2 Å². The highest BCUT2D eigenvalue weighted by molar-refractivity contribution is 5.89. The first kappa shape index (κ1) is 15.4. The fourth-order valence-corrected chi connectivity index (χ4v) is 1.82. The third-order valence-electron chi connectivity index (χ3n) is 2.97. The predicted octanol–water partition coefficient (Wildman–Crippen LogP) is 3.13. The lowest BCUT2D eigenvalue weighted by atomic mass is 10.2. The average Bonchev–Trinajstić information content (AvgIpc) is 2.54. The number of hydrogen-bond donors (Lipinski definition) is 0. The Bertz CT molecular complexity index is 715.